The summed E-state index contributed by atoms with van der Waals surface area (Å²) in [4.78, 5) is 29.2. The number of carbonyl (C=O) groups is 2. The Balaban J connectivity index is 1.47. The number of benzene rings is 1. The second-order valence-corrected chi connectivity index (χ2v) is 8.35. The van der Waals surface area contributed by atoms with Gasteiger partial charge in [0.2, 0.25) is 5.91 Å². The highest BCUT2D eigenvalue weighted by molar-refractivity contribution is 7.19. The Kier molecular flexibility index (Phi) is 4.04. The lowest BCUT2D eigenvalue weighted by molar-refractivity contribution is -0.146. The summed E-state index contributed by atoms with van der Waals surface area (Å²) >= 11 is 1.82. The molecule has 1 aromatic heterocycles. The lowest BCUT2D eigenvalue weighted by Gasteiger charge is -2.45. The van der Waals surface area contributed by atoms with Crippen molar-refractivity contribution in [2.45, 2.75) is 31.3 Å². The number of rotatable bonds is 3. The fraction of sp³-hybridized carbons (Fsp3) is 0.474. The molecule has 0 bridgehead atoms. The van der Waals surface area contributed by atoms with Crippen molar-refractivity contribution in [2.24, 2.45) is 5.92 Å². The number of carboxylic acids is 1. The van der Waals surface area contributed by atoms with Crippen LogP contribution in [0, 0.1) is 5.92 Å². The van der Waals surface area contributed by atoms with Crippen LogP contribution in [0.25, 0.3) is 10.1 Å². The fourth-order valence-electron chi connectivity index (χ4n) is 4.42. The summed E-state index contributed by atoms with van der Waals surface area (Å²) in [5.74, 6) is -1.45. The molecular formula is C19H22N2O3S. The van der Waals surface area contributed by atoms with Gasteiger partial charge in [0.1, 0.15) is 0 Å². The lowest BCUT2D eigenvalue weighted by Crippen LogP contribution is -2.55. The summed E-state index contributed by atoms with van der Waals surface area (Å²) in [5.41, 5.74) is -0.500. The summed E-state index contributed by atoms with van der Waals surface area (Å²) in [5, 5.41) is 10.8. The minimum absolute atomic E-state index is 0.0367. The van der Waals surface area contributed by atoms with Gasteiger partial charge < -0.3 is 10.0 Å². The van der Waals surface area contributed by atoms with E-state index in [4.69, 9.17) is 0 Å². The summed E-state index contributed by atoms with van der Waals surface area (Å²) < 4.78 is 1.30. The van der Waals surface area contributed by atoms with E-state index in [1.54, 1.807) is 11.9 Å². The highest BCUT2D eigenvalue weighted by Crippen LogP contribution is 2.43. The molecule has 25 heavy (non-hydrogen) atoms. The molecule has 4 rings (SSSR count). The van der Waals surface area contributed by atoms with Crippen LogP contribution in [0.1, 0.15) is 24.1 Å². The number of aliphatic carboxylic acids is 1. The van der Waals surface area contributed by atoms with Gasteiger partial charge in [-0.05, 0) is 30.4 Å². The lowest BCUT2D eigenvalue weighted by atomic mass is 9.77. The molecule has 0 aliphatic carbocycles. The summed E-state index contributed by atoms with van der Waals surface area (Å²) in [6.45, 7) is 2.55. The molecule has 2 aromatic rings. The summed E-state index contributed by atoms with van der Waals surface area (Å²) in [6.07, 6.45) is 1.61. The molecular weight excluding hydrogens is 336 g/mol. The number of nitrogens with zero attached hydrogens (tertiary/aromatic N) is 2. The minimum atomic E-state index is -0.837. The molecule has 2 aliphatic rings. The minimum Gasteiger partial charge on any atom is -0.481 e. The molecule has 0 radical (unpaired) electrons. The Hall–Kier alpha value is -1.92. The monoisotopic (exact) mass is 358 g/mol. The van der Waals surface area contributed by atoms with Gasteiger partial charge in [0.25, 0.3) is 0 Å². The van der Waals surface area contributed by atoms with Crippen molar-refractivity contribution in [3.8, 4) is 0 Å². The van der Waals surface area contributed by atoms with E-state index in [1.165, 1.54) is 15.0 Å². The second kappa shape index (κ2) is 6.11. The Bertz CT molecular complexity index is 790. The number of amides is 1. The predicted octanol–water partition coefficient (Wildman–Crippen LogP) is 2.80. The van der Waals surface area contributed by atoms with Crippen LogP contribution in [0.15, 0.2) is 30.3 Å². The number of likely N-dealkylation sites (tertiary alicyclic amines) is 2. The van der Waals surface area contributed by atoms with E-state index in [2.05, 4.69) is 35.2 Å². The van der Waals surface area contributed by atoms with Gasteiger partial charge in [0.15, 0.2) is 0 Å². The number of fused-ring (bicyclic) bond motifs is 1. The first-order chi connectivity index (χ1) is 12.0. The summed E-state index contributed by atoms with van der Waals surface area (Å²) in [6, 6.07) is 10.6. The number of hydrogen-bond acceptors (Lipinski definition) is 4. The van der Waals surface area contributed by atoms with Crippen LogP contribution in [-0.4, -0.2) is 52.5 Å². The molecule has 6 heteroatoms. The van der Waals surface area contributed by atoms with Crippen LogP contribution in [-0.2, 0) is 16.1 Å². The van der Waals surface area contributed by atoms with E-state index < -0.39 is 17.4 Å². The second-order valence-electron chi connectivity index (χ2n) is 7.18. The third-order valence-corrected chi connectivity index (χ3v) is 7.05. The van der Waals surface area contributed by atoms with Crippen molar-refractivity contribution < 1.29 is 14.7 Å². The maximum atomic E-state index is 12.1. The molecule has 3 heterocycles. The Morgan fingerprint density at radius 1 is 1.32 bits per heavy atom. The van der Waals surface area contributed by atoms with Gasteiger partial charge in [-0.2, -0.15) is 0 Å². The average molecular weight is 358 g/mol. The highest BCUT2D eigenvalue weighted by atomic mass is 32.1. The number of carbonyl (C=O) groups excluding carboxylic acids is 1. The third kappa shape index (κ3) is 2.73. The molecule has 2 saturated heterocycles. The van der Waals surface area contributed by atoms with Gasteiger partial charge in [-0.3, -0.25) is 14.5 Å². The van der Waals surface area contributed by atoms with Crippen molar-refractivity contribution in [2.75, 3.05) is 20.1 Å². The Morgan fingerprint density at radius 2 is 2.04 bits per heavy atom. The molecule has 1 unspecified atom stereocenters. The average Bonchev–Trinajstić information content (AvgIpc) is 3.11. The molecule has 1 aromatic carbocycles. The third-order valence-electron chi connectivity index (χ3n) is 5.95. The number of hydrogen-bond donors (Lipinski definition) is 1. The zero-order valence-electron chi connectivity index (χ0n) is 14.3. The van der Waals surface area contributed by atoms with Crippen molar-refractivity contribution in [1.29, 1.82) is 0 Å². The van der Waals surface area contributed by atoms with Crippen LogP contribution in [0.4, 0.5) is 0 Å². The quantitative estimate of drug-likeness (QED) is 0.917. The van der Waals surface area contributed by atoms with Gasteiger partial charge in [-0.1, -0.05) is 18.2 Å². The van der Waals surface area contributed by atoms with E-state index in [0.29, 0.717) is 0 Å². The molecule has 0 saturated carbocycles. The van der Waals surface area contributed by atoms with Crippen LogP contribution in [0.5, 0.6) is 0 Å². The topological polar surface area (TPSA) is 60.9 Å². The molecule has 1 N–H and O–H groups in total. The van der Waals surface area contributed by atoms with Crippen molar-refractivity contribution in [1.82, 2.24) is 9.80 Å². The molecule has 2 fully saturated rings. The number of thiophene rings is 1. The van der Waals surface area contributed by atoms with Crippen molar-refractivity contribution in [3.63, 3.8) is 0 Å². The van der Waals surface area contributed by atoms with Gasteiger partial charge in [0.05, 0.1) is 11.5 Å². The first-order valence-corrected chi connectivity index (χ1v) is 9.50. The first kappa shape index (κ1) is 16.5. The van der Waals surface area contributed by atoms with Gasteiger partial charge >= 0.3 is 5.97 Å². The van der Waals surface area contributed by atoms with Crippen molar-refractivity contribution in [3.05, 3.63) is 35.2 Å². The molecule has 5 nitrogen and oxygen atoms in total. The Labute approximate surface area is 150 Å². The van der Waals surface area contributed by atoms with E-state index in [0.717, 1.165) is 32.5 Å². The maximum Gasteiger partial charge on any atom is 0.309 e. The van der Waals surface area contributed by atoms with Crippen LogP contribution in [0.3, 0.4) is 0 Å². The number of piperidine rings is 1. The van der Waals surface area contributed by atoms with Crippen LogP contribution < -0.4 is 0 Å². The van der Waals surface area contributed by atoms with Gasteiger partial charge in [-0.15, -0.1) is 11.3 Å². The van der Waals surface area contributed by atoms with E-state index in [9.17, 15) is 14.7 Å². The van der Waals surface area contributed by atoms with E-state index in [-0.39, 0.29) is 12.3 Å². The smallest absolute Gasteiger partial charge is 0.309 e. The summed E-state index contributed by atoms with van der Waals surface area (Å²) in [7, 11) is 1.77. The van der Waals surface area contributed by atoms with Crippen LogP contribution in [0.2, 0.25) is 0 Å². The van der Waals surface area contributed by atoms with Crippen LogP contribution >= 0.6 is 11.3 Å². The standard InChI is InChI=1S/C19H22N2O3S/c1-20-17(22)11-15(18(23)24)19(20)6-8-21(9-7-19)12-14-10-13-4-2-3-5-16(13)25-14/h2-5,10,15H,6-9,11-12H2,1H3,(H,23,24). The SMILES string of the molecule is CN1C(=O)CC(C(=O)O)C12CCN(Cc1cc3ccccc3s1)CC2. The van der Waals surface area contributed by atoms with E-state index in [1.807, 2.05) is 11.3 Å². The fourth-order valence-corrected chi connectivity index (χ4v) is 5.53. The molecule has 132 valence electrons. The van der Waals surface area contributed by atoms with Gasteiger partial charge in [-0.25, -0.2) is 0 Å². The predicted molar refractivity (Wildman–Crippen MR) is 97.6 cm³/mol. The molecule has 2 aliphatic heterocycles. The Morgan fingerprint density at radius 3 is 2.72 bits per heavy atom. The molecule has 1 atom stereocenters. The zero-order valence-corrected chi connectivity index (χ0v) is 15.1. The maximum absolute atomic E-state index is 12.1. The normalized spacial score (nSPS) is 23.6. The highest BCUT2D eigenvalue weighted by Gasteiger charge is 2.55. The van der Waals surface area contributed by atoms with Gasteiger partial charge in [0, 0.05) is 42.7 Å². The largest absolute Gasteiger partial charge is 0.481 e. The molecule has 1 amide bonds. The molecule has 1 spiro atoms. The van der Waals surface area contributed by atoms with E-state index >= 15 is 0 Å². The number of carboxylic acid groups (broad SMARTS) is 1. The van der Waals surface area contributed by atoms with Crippen molar-refractivity contribution >= 4 is 33.3 Å². The first-order valence-electron chi connectivity index (χ1n) is 8.69. The zero-order chi connectivity index (χ0) is 17.6.